The molecule has 0 aliphatic heterocycles. The summed E-state index contributed by atoms with van der Waals surface area (Å²) in [7, 11) is 3.05. The molecule has 0 fully saturated rings. The Morgan fingerprint density at radius 2 is 1.73 bits per heavy atom. The minimum Gasteiger partial charge on any atom is -0.387 e. The van der Waals surface area contributed by atoms with Crippen molar-refractivity contribution in [1.29, 1.82) is 10.8 Å². The van der Waals surface area contributed by atoms with Crippen molar-refractivity contribution >= 4 is 47.3 Å². The average molecular weight is 597 g/mol. The fourth-order valence-corrected chi connectivity index (χ4v) is 4.79. The van der Waals surface area contributed by atoms with Gasteiger partial charge in [-0.3, -0.25) is 30.1 Å². The standard InChI is InChI=1S/C34H37FN6O3/c1-5-8-22(9-6-2)12-13-23-19-26(41(20-36)21-42)14-15-27(23)28-16-17-29(38-3)30(31(28)35)32(37)34(44)40-25-11-7-10-24(18-25)33(43)39-4/h7,10-11,14-22,36-38H,5-6,8-9H2,1-4H3,(H,39,43)(H,40,44). The smallest absolute Gasteiger partial charge is 0.274 e. The Hall–Kier alpha value is -5.30. The van der Waals surface area contributed by atoms with E-state index in [0.717, 1.165) is 36.9 Å². The number of anilines is 3. The Balaban J connectivity index is 2.12. The molecule has 0 saturated heterocycles. The molecule has 0 aliphatic rings. The fourth-order valence-electron chi connectivity index (χ4n) is 4.79. The van der Waals surface area contributed by atoms with Crippen LogP contribution in [0.4, 0.5) is 21.5 Å². The van der Waals surface area contributed by atoms with Gasteiger partial charge in [-0.25, -0.2) is 4.39 Å². The van der Waals surface area contributed by atoms with Crippen LogP contribution in [0.25, 0.3) is 11.1 Å². The number of nitrogens with zero attached hydrogens (tertiary/aromatic N) is 1. The number of benzene rings is 3. The molecule has 10 heteroatoms. The lowest BCUT2D eigenvalue weighted by Gasteiger charge is -2.17. The summed E-state index contributed by atoms with van der Waals surface area (Å²) in [5.74, 6) is 4.62. The van der Waals surface area contributed by atoms with Gasteiger partial charge < -0.3 is 16.0 Å². The Labute approximate surface area is 257 Å². The van der Waals surface area contributed by atoms with Crippen LogP contribution in [0.15, 0.2) is 54.6 Å². The maximum Gasteiger partial charge on any atom is 0.274 e. The zero-order valence-electron chi connectivity index (χ0n) is 25.3. The number of nitrogens with one attached hydrogen (secondary N) is 5. The van der Waals surface area contributed by atoms with Gasteiger partial charge in [0.15, 0.2) is 0 Å². The SMILES string of the molecule is CCCC(C#Cc1cc(N(C=N)C=O)ccc1-c1ccc(NC)c(C(=N)C(=O)Nc2cccc(C(=O)NC)c2)c1F)CCC. The number of carbonyl (C=O) groups is 3. The highest BCUT2D eigenvalue weighted by atomic mass is 19.1. The zero-order valence-corrected chi connectivity index (χ0v) is 25.3. The van der Waals surface area contributed by atoms with Crippen LogP contribution in [0.2, 0.25) is 0 Å². The van der Waals surface area contributed by atoms with Crippen LogP contribution in [0.1, 0.15) is 61.0 Å². The molecule has 3 aromatic carbocycles. The maximum atomic E-state index is 16.4. The van der Waals surface area contributed by atoms with E-state index in [1.165, 1.54) is 13.1 Å². The van der Waals surface area contributed by atoms with Crippen molar-refractivity contribution in [2.24, 2.45) is 5.92 Å². The number of amides is 3. The van der Waals surface area contributed by atoms with Gasteiger partial charge in [0.1, 0.15) is 11.5 Å². The molecule has 228 valence electrons. The summed E-state index contributed by atoms with van der Waals surface area (Å²) in [4.78, 5) is 37.8. The Morgan fingerprint density at radius 3 is 2.34 bits per heavy atom. The van der Waals surface area contributed by atoms with E-state index in [2.05, 4.69) is 41.6 Å². The number of hydrogen-bond donors (Lipinski definition) is 5. The summed E-state index contributed by atoms with van der Waals surface area (Å²) in [5, 5.41) is 24.2. The molecule has 0 unspecified atom stereocenters. The quantitative estimate of drug-likeness (QED) is 0.0711. The first kappa shape index (κ1) is 33.2. The van der Waals surface area contributed by atoms with E-state index in [9.17, 15) is 14.4 Å². The Morgan fingerprint density at radius 1 is 1.02 bits per heavy atom. The third kappa shape index (κ3) is 7.75. The van der Waals surface area contributed by atoms with Gasteiger partial charge in [0, 0.05) is 53.6 Å². The van der Waals surface area contributed by atoms with E-state index >= 15 is 4.39 Å². The van der Waals surface area contributed by atoms with Gasteiger partial charge in [-0.2, -0.15) is 0 Å². The molecule has 9 nitrogen and oxygen atoms in total. The van der Waals surface area contributed by atoms with Crippen LogP contribution >= 0.6 is 0 Å². The molecular formula is C34H37FN6O3. The van der Waals surface area contributed by atoms with E-state index in [0.29, 0.717) is 28.8 Å². The highest BCUT2D eigenvalue weighted by Crippen LogP contribution is 2.34. The Bertz CT molecular complexity index is 1610. The predicted octanol–water partition coefficient (Wildman–Crippen LogP) is 6.04. The van der Waals surface area contributed by atoms with Crippen molar-refractivity contribution in [3.63, 3.8) is 0 Å². The van der Waals surface area contributed by atoms with Crippen LogP contribution in [0, 0.1) is 34.4 Å². The van der Waals surface area contributed by atoms with Crippen LogP contribution < -0.4 is 20.9 Å². The Kier molecular flexibility index (Phi) is 11.9. The molecule has 3 aromatic rings. The molecule has 3 amide bonds. The van der Waals surface area contributed by atoms with E-state index < -0.39 is 17.4 Å². The molecule has 5 N–H and O–H groups in total. The monoisotopic (exact) mass is 596 g/mol. The molecule has 0 atom stereocenters. The first-order chi connectivity index (χ1) is 21.2. The topological polar surface area (TPSA) is 138 Å². The highest BCUT2D eigenvalue weighted by molar-refractivity contribution is 6.48. The number of rotatable bonds is 13. The van der Waals surface area contributed by atoms with Gasteiger partial charge in [-0.05, 0) is 55.3 Å². The van der Waals surface area contributed by atoms with E-state index in [1.54, 1.807) is 55.6 Å². The average Bonchev–Trinajstić information content (AvgIpc) is 3.03. The van der Waals surface area contributed by atoms with Gasteiger partial charge in [-0.1, -0.05) is 50.7 Å². The van der Waals surface area contributed by atoms with Crippen molar-refractivity contribution in [2.75, 3.05) is 29.6 Å². The van der Waals surface area contributed by atoms with Crippen molar-refractivity contribution < 1.29 is 18.8 Å². The minimum atomic E-state index is -0.864. The molecule has 0 bridgehead atoms. The zero-order chi connectivity index (χ0) is 32.2. The summed E-state index contributed by atoms with van der Waals surface area (Å²) < 4.78 is 16.4. The molecule has 3 rings (SSSR count). The normalized spacial score (nSPS) is 10.3. The molecule has 0 aromatic heterocycles. The molecular weight excluding hydrogens is 559 g/mol. The second-order valence-electron chi connectivity index (χ2n) is 10.0. The summed E-state index contributed by atoms with van der Waals surface area (Å²) in [6.45, 7) is 4.18. The first-order valence-electron chi connectivity index (χ1n) is 14.4. The van der Waals surface area contributed by atoms with E-state index in [1.807, 2.05) is 0 Å². The molecule has 0 heterocycles. The summed E-state index contributed by atoms with van der Waals surface area (Å²) in [5.41, 5.74) is 1.33. The molecule has 0 aliphatic carbocycles. The van der Waals surface area contributed by atoms with E-state index in [4.69, 9.17) is 10.8 Å². The van der Waals surface area contributed by atoms with Crippen molar-refractivity contribution in [3.8, 4) is 23.0 Å². The third-order valence-corrected chi connectivity index (χ3v) is 7.03. The maximum absolute atomic E-state index is 16.4. The van der Waals surface area contributed by atoms with Crippen LogP contribution in [-0.4, -0.2) is 44.4 Å². The molecule has 0 spiro atoms. The number of carbonyl (C=O) groups excluding carboxylic acids is 3. The minimum absolute atomic E-state index is 0.115. The van der Waals surface area contributed by atoms with Gasteiger partial charge in [-0.15, -0.1) is 0 Å². The lowest BCUT2D eigenvalue weighted by atomic mass is 9.93. The van der Waals surface area contributed by atoms with Gasteiger partial charge >= 0.3 is 0 Å². The van der Waals surface area contributed by atoms with Crippen LogP contribution in [0.3, 0.4) is 0 Å². The predicted molar refractivity (Wildman–Crippen MR) is 174 cm³/mol. The molecule has 44 heavy (non-hydrogen) atoms. The number of halogens is 1. The van der Waals surface area contributed by atoms with Crippen LogP contribution in [0.5, 0.6) is 0 Å². The fraction of sp³-hybridized carbons (Fsp3) is 0.265. The van der Waals surface area contributed by atoms with Crippen molar-refractivity contribution in [1.82, 2.24) is 5.32 Å². The second kappa shape index (κ2) is 15.8. The lowest BCUT2D eigenvalue weighted by Crippen LogP contribution is -2.25. The van der Waals surface area contributed by atoms with Gasteiger partial charge in [0.05, 0.1) is 17.6 Å². The summed E-state index contributed by atoms with van der Waals surface area (Å²) >= 11 is 0. The largest absolute Gasteiger partial charge is 0.387 e. The van der Waals surface area contributed by atoms with Gasteiger partial charge in [0.2, 0.25) is 6.41 Å². The van der Waals surface area contributed by atoms with Crippen LogP contribution in [-0.2, 0) is 9.59 Å². The molecule has 0 saturated carbocycles. The second-order valence-corrected chi connectivity index (χ2v) is 10.0. The summed E-state index contributed by atoms with van der Waals surface area (Å²) in [6, 6.07) is 14.1. The van der Waals surface area contributed by atoms with E-state index in [-0.39, 0.29) is 34.3 Å². The number of hydrogen-bond acceptors (Lipinski definition) is 6. The first-order valence-corrected chi connectivity index (χ1v) is 14.4. The highest BCUT2D eigenvalue weighted by Gasteiger charge is 2.24. The lowest BCUT2D eigenvalue weighted by molar-refractivity contribution is -0.110. The van der Waals surface area contributed by atoms with Gasteiger partial charge in [0.25, 0.3) is 11.8 Å². The van der Waals surface area contributed by atoms with Crippen molar-refractivity contribution in [2.45, 2.75) is 39.5 Å². The van der Waals surface area contributed by atoms with Crippen molar-refractivity contribution in [3.05, 3.63) is 77.1 Å². The summed E-state index contributed by atoms with van der Waals surface area (Å²) in [6.07, 6.45) is 5.11. The molecule has 0 radical (unpaired) electrons. The third-order valence-electron chi connectivity index (χ3n) is 7.03.